The molecule has 1 aliphatic heterocycles. The summed E-state index contributed by atoms with van der Waals surface area (Å²) in [4.78, 5) is 23.2. The van der Waals surface area contributed by atoms with Crippen molar-refractivity contribution in [2.45, 2.75) is 32.7 Å². The molecule has 1 amide bonds. The van der Waals surface area contributed by atoms with E-state index in [1.807, 2.05) is 36.1 Å². The van der Waals surface area contributed by atoms with Gasteiger partial charge in [0.05, 0.1) is 31.2 Å². The average molecular weight is 384 g/mol. The van der Waals surface area contributed by atoms with E-state index in [1.165, 1.54) is 0 Å². The Kier molecular flexibility index (Phi) is 6.81. The van der Waals surface area contributed by atoms with Gasteiger partial charge in [-0.3, -0.25) is 9.78 Å². The van der Waals surface area contributed by atoms with E-state index in [-0.39, 0.29) is 11.9 Å². The second kappa shape index (κ2) is 9.50. The third kappa shape index (κ3) is 4.78. The van der Waals surface area contributed by atoms with E-state index in [4.69, 9.17) is 14.5 Å². The molecule has 0 saturated carbocycles. The van der Waals surface area contributed by atoms with Crippen molar-refractivity contribution in [2.24, 2.45) is 5.92 Å². The molecule has 1 saturated heterocycles. The van der Waals surface area contributed by atoms with Crippen LogP contribution in [0.3, 0.4) is 0 Å². The third-order valence-corrected chi connectivity index (χ3v) is 5.08. The van der Waals surface area contributed by atoms with Gasteiger partial charge in [0.1, 0.15) is 11.5 Å². The van der Waals surface area contributed by atoms with Crippen molar-refractivity contribution < 1.29 is 14.3 Å². The standard InChI is InChI=1S/C21H28N4O3/c1-4-25(15(2)26)21(16-6-5-11-22-12-16)19-13-23-14-20(24-19)28-18-9-7-17(27-3)8-10-18/h7-10,13-14,16,21-22H,4-6,11-12H2,1-3H3. The van der Waals surface area contributed by atoms with Crippen molar-refractivity contribution in [2.75, 3.05) is 26.7 Å². The summed E-state index contributed by atoms with van der Waals surface area (Å²) in [6.45, 7) is 6.11. The minimum absolute atomic E-state index is 0.0429. The van der Waals surface area contributed by atoms with Gasteiger partial charge in [-0.1, -0.05) is 0 Å². The van der Waals surface area contributed by atoms with E-state index in [9.17, 15) is 4.79 Å². The molecule has 3 rings (SSSR count). The first kappa shape index (κ1) is 20.1. The molecule has 150 valence electrons. The Labute approximate surface area is 166 Å². The van der Waals surface area contributed by atoms with E-state index in [1.54, 1.807) is 26.4 Å². The lowest BCUT2D eigenvalue weighted by molar-refractivity contribution is -0.132. The summed E-state index contributed by atoms with van der Waals surface area (Å²) in [6.07, 6.45) is 5.47. The Morgan fingerprint density at radius 2 is 2.04 bits per heavy atom. The van der Waals surface area contributed by atoms with E-state index in [0.717, 1.165) is 37.4 Å². The van der Waals surface area contributed by atoms with Crippen LogP contribution in [0.4, 0.5) is 0 Å². The molecule has 0 aliphatic carbocycles. The van der Waals surface area contributed by atoms with Crippen molar-refractivity contribution in [1.82, 2.24) is 20.2 Å². The second-order valence-corrected chi connectivity index (χ2v) is 6.92. The maximum absolute atomic E-state index is 12.3. The van der Waals surface area contributed by atoms with Crippen molar-refractivity contribution in [3.8, 4) is 17.4 Å². The lowest BCUT2D eigenvalue weighted by Crippen LogP contribution is -2.43. The van der Waals surface area contributed by atoms with Crippen molar-refractivity contribution in [3.05, 3.63) is 42.4 Å². The Hall–Kier alpha value is -2.67. The van der Waals surface area contributed by atoms with Gasteiger partial charge < -0.3 is 19.7 Å². The minimum atomic E-state index is -0.123. The number of ether oxygens (including phenoxy) is 2. The number of nitrogens with zero attached hydrogens (tertiary/aromatic N) is 3. The molecule has 7 nitrogen and oxygen atoms in total. The van der Waals surface area contributed by atoms with E-state index in [2.05, 4.69) is 10.3 Å². The zero-order valence-corrected chi connectivity index (χ0v) is 16.7. The predicted molar refractivity (Wildman–Crippen MR) is 106 cm³/mol. The molecule has 1 N–H and O–H groups in total. The van der Waals surface area contributed by atoms with Gasteiger partial charge >= 0.3 is 0 Å². The number of hydrogen-bond acceptors (Lipinski definition) is 6. The molecule has 1 aliphatic rings. The molecule has 1 aromatic heterocycles. The van der Waals surface area contributed by atoms with Gasteiger partial charge in [0.25, 0.3) is 0 Å². The fourth-order valence-corrected chi connectivity index (χ4v) is 3.74. The number of carbonyl (C=O) groups excluding carboxylic acids is 1. The van der Waals surface area contributed by atoms with Crippen LogP contribution in [0.2, 0.25) is 0 Å². The molecule has 2 heterocycles. The summed E-state index contributed by atoms with van der Waals surface area (Å²) < 4.78 is 11.1. The highest BCUT2D eigenvalue weighted by molar-refractivity contribution is 5.73. The number of rotatable bonds is 7. The van der Waals surface area contributed by atoms with Gasteiger partial charge in [-0.25, -0.2) is 4.98 Å². The molecule has 0 radical (unpaired) electrons. The molecule has 7 heteroatoms. The van der Waals surface area contributed by atoms with E-state index in [0.29, 0.717) is 24.1 Å². The fraction of sp³-hybridized carbons (Fsp3) is 0.476. The topological polar surface area (TPSA) is 76.6 Å². The fourth-order valence-electron chi connectivity index (χ4n) is 3.74. The number of hydrogen-bond donors (Lipinski definition) is 1. The van der Waals surface area contributed by atoms with Crippen LogP contribution in [0.15, 0.2) is 36.7 Å². The molecule has 1 aromatic carbocycles. The van der Waals surface area contributed by atoms with Gasteiger partial charge in [0.2, 0.25) is 11.8 Å². The Bertz CT molecular complexity index is 775. The number of nitrogens with one attached hydrogen (secondary N) is 1. The minimum Gasteiger partial charge on any atom is -0.497 e. The number of benzene rings is 1. The quantitative estimate of drug-likeness (QED) is 0.790. The highest BCUT2D eigenvalue weighted by Gasteiger charge is 2.32. The van der Waals surface area contributed by atoms with Crippen molar-refractivity contribution in [1.29, 1.82) is 0 Å². The molecule has 28 heavy (non-hydrogen) atoms. The lowest BCUT2D eigenvalue weighted by Gasteiger charge is -2.37. The Morgan fingerprint density at radius 1 is 1.29 bits per heavy atom. The molecule has 1 fully saturated rings. The molecular weight excluding hydrogens is 356 g/mol. The van der Waals surface area contributed by atoms with Crippen LogP contribution in [-0.2, 0) is 4.79 Å². The highest BCUT2D eigenvalue weighted by Crippen LogP contribution is 2.33. The SMILES string of the molecule is CCN(C(C)=O)C(c1cncc(Oc2ccc(OC)cc2)n1)C1CCCNC1. The maximum atomic E-state index is 12.3. The monoisotopic (exact) mass is 384 g/mol. The first-order valence-electron chi connectivity index (χ1n) is 9.74. The smallest absolute Gasteiger partial charge is 0.238 e. The zero-order chi connectivity index (χ0) is 19.9. The molecule has 2 atom stereocenters. The van der Waals surface area contributed by atoms with Crippen molar-refractivity contribution >= 4 is 5.91 Å². The van der Waals surface area contributed by atoms with Crippen LogP contribution in [0, 0.1) is 5.92 Å². The summed E-state index contributed by atoms with van der Waals surface area (Å²) >= 11 is 0. The highest BCUT2D eigenvalue weighted by atomic mass is 16.5. The van der Waals surface area contributed by atoms with Gasteiger partial charge in [0, 0.05) is 20.0 Å². The van der Waals surface area contributed by atoms with Gasteiger partial charge in [-0.05, 0) is 56.5 Å². The van der Waals surface area contributed by atoms with Gasteiger partial charge in [-0.15, -0.1) is 0 Å². The number of aromatic nitrogens is 2. The molecular formula is C21H28N4O3. The van der Waals surface area contributed by atoms with Crippen LogP contribution in [-0.4, -0.2) is 47.5 Å². The first-order chi connectivity index (χ1) is 13.6. The zero-order valence-electron chi connectivity index (χ0n) is 16.7. The van der Waals surface area contributed by atoms with Crippen LogP contribution >= 0.6 is 0 Å². The molecule has 2 aromatic rings. The third-order valence-electron chi connectivity index (χ3n) is 5.08. The van der Waals surface area contributed by atoms with E-state index >= 15 is 0 Å². The summed E-state index contributed by atoms with van der Waals surface area (Å²) in [7, 11) is 1.62. The number of methoxy groups -OCH3 is 1. The first-order valence-corrected chi connectivity index (χ1v) is 9.74. The van der Waals surface area contributed by atoms with Crippen LogP contribution in [0.25, 0.3) is 0 Å². The van der Waals surface area contributed by atoms with Crippen LogP contribution < -0.4 is 14.8 Å². The van der Waals surface area contributed by atoms with Crippen LogP contribution in [0.5, 0.6) is 17.4 Å². The summed E-state index contributed by atoms with van der Waals surface area (Å²) in [6, 6.07) is 7.19. The normalized spacial score (nSPS) is 17.6. The molecule has 0 bridgehead atoms. The Balaban J connectivity index is 1.87. The predicted octanol–water partition coefficient (Wildman–Crippen LogP) is 3.19. The van der Waals surface area contributed by atoms with Crippen LogP contribution in [0.1, 0.15) is 38.4 Å². The van der Waals surface area contributed by atoms with Gasteiger partial charge in [0.15, 0.2) is 0 Å². The Morgan fingerprint density at radius 3 is 2.64 bits per heavy atom. The largest absolute Gasteiger partial charge is 0.497 e. The van der Waals surface area contributed by atoms with Gasteiger partial charge in [-0.2, -0.15) is 0 Å². The molecule has 2 unspecified atom stereocenters. The van der Waals surface area contributed by atoms with Crippen molar-refractivity contribution in [3.63, 3.8) is 0 Å². The van der Waals surface area contributed by atoms with E-state index < -0.39 is 0 Å². The average Bonchev–Trinajstić information content (AvgIpc) is 2.73. The number of amides is 1. The number of piperidine rings is 1. The lowest BCUT2D eigenvalue weighted by atomic mass is 9.88. The second-order valence-electron chi connectivity index (χ2n) is 6.92. The summed E-state index contributed by atoms with van der Waals surface area (Å²) in [5.74, 6) is 2.17. The molecule has 0 spiro atoms. The summed E-state index contributed by atoms with van der Waals surface area (Å²) in [5, 5.41) is 3.44. The summed E-state index contributed by atoms with van der Waals surface area (Å²) in [5.41, 5.74) is 0.761. The maximum Gasteiger partial charge on any atom is 0.238 e. The number of carbonyl (C=O) groups is 1.